The molecule has 1 unspecified atom stereocenters. The minimum absolute atomic E-state index is 0.384. The normalized spacial score (nSPS) is 12.9. The molecule has 0 saturated carbocycles. The summed E-state index contributed by atoms with van der Waals surface area (Å²) in [5.41, 5.74) is 0. The molecule has 12 heavy (non-hydrogen) atoms. The molecule has 0 aromatic carbocycles. The minimum Gasteiger partial charge on any atom is -0.303 e. The lowest BCUT2D eigenvalue weighted by Crippen LogP contribution is -2.29. The fourth-order valence-electron chi connectivity index (χ4n) is 0.981. The molecule has 0 bridgehead atoms. The van der Waals surface area contributed by atoms with Gasteiger partial charge in [0.15, 0.2) is 0 Å². The lowest BCUT2D eigenvalue weighted by atomic mass is 10.2. The van der Waals surface area contributed by atoms with Gasteiger partial charge < -0.3 is 4.90 Å². The maximum atomic E-state index is 8.47. The van der Waals surface area contributed by atoms with E-state index in [4.69, 9.17) is 5.26 Å². The molecule has 0 N–H and O–H groups in total. The van der Waals surface area contributed by atoms with Crippen LogP contribution in [0.2, 0.25) is 0 Å². The smallest absolute Gasteiger partial charge is 0.0638 e. The molecule has 0 saturated heterocycles. The summed E-state index contributed by atoms with van der Waals surface area (Å²) in [7, 11) is 2.07. The van der Waals surface area contributed by atoms with Crippen molar-refractivity contribution in [3.8, 4) is 6.07 Å². The summed E-state index contributed by atoms with van der Waals surface area (Å²) >= 11 is 4.15. The number of nitriles is 1. The van der Waals surface area contributed by atoms with Crippen LogP contribution >= 0.6 is 12.6 Å². The van der Waals surface area contributed by atoms with Gasteiger partial charge in [0, 0.05) is 6.04 Å². The minimum atomic E-state index is 0.384. The van der Waals surface area contributed by atoms with Crippen LogP contribution in [-0.4, -0.2) is 30.3 Å². The maximum absolute atomic E-state index is 8.47. The van der Waals surface area contributed by atoms with E-state index in [2.05, 4.69) is 37.6 Å². The third kappa shape index (κ3) is 5.45. The molecule has 0 heterocycles. The number of nitrogens with zero attached hydrogens (tertiary/aromatic N) is 2. The Morgan fingerprint density at radius 1 is 1.50 bits per heavy atom. The first-order valence-corrected chi connectivity index (χ1v) is 5.03. The van der Waals surface area contributed by atoms with E-state index >= 15 is 0 Å². The van der Waals surface area contributed by atoms with Crippen LogP contribution in [0.4, 0.5) is 0 Å². The summed E-state index contributed by atoms with van der Waals surface area (Å²) in [6, 6.07) is 2.57. The van der Waals surface area contributed by atoms with Crippen molar-refractivity contribution in [2.24, 2.45) is 0 Å². The highest BCUT2D eigenvalue weighted by Crippen LogP contribution is 2.02. The van der Waals surface area contributed by atoms with E-state index in [0.717, 1.165) is 18.7 Å². The van der Waals surface area contributed by atoms with Crippen LogP contribution in [0.1, 0.15) is 26.2 Å². The van der Waals surface area contributed by atoms with E-state index < -0.39 is 0 Å². The number of thiol groups is 1. The highest BCUT2D eigenvalue weighted by atomic mass is 32.1. The van der Waals surface area contributed by atoms with Gasteiger partial charge in [-0.05, 0) is 39.1 Å². The van der Waals surface area contributed by atoms with E-state index in [-0.39, 0.29) is 0 Å². The average Bonchev–Trinajstić information content (AvgIpc) is 2.05. The van der Waals surface area contributed by atoms with Crippen molar-refractivity contribution < 1.29 is 0 Å². The van der Waals surface area contributed by atoms with Gasteiger partial charge in [-0.1, -0.05) is 0 Å². The van der Waals surface area contributed by atoms with Crippen molar-refractivity contribution in [1.82, 2.24) is 4.90 Å². The predicted octanol–water partition coefficient (Wildman–Crippen LogP) is 1.93. The van der Waals surface area contributed by atoms with Crippen LogP contribution in [0, 0.1) is 11.3 Å². The van der Waals surface area contributed by atoms with E-state index in [9.17, 15) is 0 Å². The van der Waals surface area contributed by atoms with Crippen LogP contribution < -0.4 is 0 Å². The first-order chi connectivity index (χ1) is 5.72. The van der Waals surface area contributed by atoms with Gasteiger partial charge in [0.2, 0.25) is 0 Å². The number of hydrogen-bond donors (Lipinski definition) is 1. The number of hydrogen-bond acceptors (Lipinski definition) is 3. The van der Waals surface area contributed by atoms with Gasteiger partial charge in [0.05, 0.1) is 12.5 Å². The summed E-state index contributed by atoms with van der Waals surface area (Å²) in [4.78, 5) is 2.23. The van der Waals surface area contributed by atoms with Crippen LogP contribution in [0.15, 0.2) is 0 Å². The fourth-order valence-corrected chi connectivity index (χ4v) is 1.20. The molecule has 0 aromatic rings. The third-order valence-corrected chi connectivity index (χ3v) is 2.37. The molecule has 70 valence electrons. The van der Waals surface area contributed by atoms with Crippen molar-refractivity contribution in [3.05, 3.63) is 0 Å². The Bertz CT molecular complexity index is 142. The largest absolute Gasteiger partial charge is 0.303 e. The van der Waals surface area contributed by atoms with Crippen LogP contribution in [0.25, 0.3) is 0 Å². The Balaban J connectivity index is 3.43. The average molecular weight is 186 g/mol. The zero-order chi connectivity index (χ0) is 9.40. The zero-order valence-electron chi connectivity index (χ0n) is 7.95. The molecule has 0 aliphatic carbocycles. The van der Waals surface area contributed by atoms with Crippen LogP contribution in [0.5, 0.6) is 0 Å². The van der Waals surface area contributed by atoms with Crippen LogP contribution in [-0.2, 0) is 0 Å². The second-order valence-corrected chi connectivity index (χ2v) is 3.57. The SMILES string of the molecule is CC(CC#N)N(C)CCCCS. The van der Waals surface area contributed by atoms with Crippen molar-refractivity contribution in [2.45, 2.75) is 32.2 Å². The lowest BCUT2D eigenvalue weighted by molar-refractivity contribution is 0.257. The number of unbranched alkanes of at least 4 members (excludes halogenated alkanes) is 1. The molecule has 0 radical (unpaired) electrons. The molecular weight excluding hydrogens is 168 g/mol. The van der Waals surface area contributed by atoms with E-state index in [1.807, 2.05) is 0 Å². The second kappa shape index (κ2) is 7.45. The summed E-state index contributed by atoms with van der Waals surface area (Å²) in [5, 5.41) is 8.47. The fraction of sp³-hybridized carbons (Fsp3) is 0.889. The molecule has 2 nitrogen and oxygen atoms in total. The molecule has 0 aliphatic heterocycles. The van der Waals surface area contributed by atoms with Gasteiger partial charge in [0.25, 0.3) is 0 Å². The van der Waals surface area contributed by atoms with E-state index in [0.29, 0.717) is 12.5 Å². The summed E-state index contributed by atoms with van der Waals surface area (Å²) < 4.78 is 0. The topological polar surface area (TPSA) is 27.0 Å². The first kappa shape index (κ1) is 11.8. The van der Waals surface area contributed by atoms with E-state index in [1.165, 1.54) is 6.42 Å². The highest BCUT2D eigenvalue weighted by molar-refractivity contribution is 7.80. The van der Waals surface area contributed by atoms with Gasteiger partial charge in [-0.15, -0.1) is 0 Å². The molecule has 0 amide bonds. The quantitative estimate of drug-likeness (QED) is 0.507. The molecule has 0 aliphatic rings. The maximum Gasteiger partial charge on any atom is 0.0638 e. The Hall–Kier alpha value is -0.200. The third-order valence-electron chi connectivity index (χ3n) is 2.06. The monoisotopic (exact) mass is 186 g/mol. The molecule has 0 spiro atoms. The van der Waals surface area contributed by atoms with Crippen LogP contribution in [0.3, 0.4) is 0 Å². The predicted molar refractivity (Wildman–Crippen MR) is 55.4 cm³/mol. The van der Waals surface area contributed by atoms with Gasteiger partial charge in [-0.2, -0.15) is 17.9 Å². The van der Waals surface area contributed by atoms with Crippen molar-refractivity contribution in [1.29, 1.82) is 5.26 Å². The summed E-state index contributed by atoms with van der Waals surface area (Å²) in [6.07, 6.45) is 2.96. The van der Waals surface area contributed by atoms with Gasteiger partial charge in [-0.3, -0.25) is 0 Å². The van der Waals surface area contributed by atoms with Crippen molar-refractivity contribution >= 4 is 12.6 Å². The second-order valence-electron chi connectivity index (χ2n) is 3.12. The Labute approximate surface area is 81.0 Å². The first-order valence-electron chi connectivity index (χ1n) is 4.40. The van der Waals surface area contributed by atoms with Crippen molar-refractivity contribution in [2.75, 3.05) is 19.3 Å². The van der Waals surface area contributed by atoms with Gasteiger partial charge >= 0.3 is 0 Å². The zero-order valence-corrected chi connectivity index (χ0v) is 8.85. The molecule has 0 aromatic heterocycles. The lowest BCUT2D eigenvalue weighted by Gasteiger charge is -2.22. The molecule has 0 rings (SSSR count). The van der Waals surface area contributed by atoms with Gasteiger partial charge in [-0.25, -0.2) is 0 Å². The summed E-state index contributed by atoms with van der Waals surface area (Å²) in [5.74, 6) is 0.959. The van der Waals surface area contributed by atoms with Gasteiger partial charge in [0.1, 0.15) is 0 Å². The molecule has 0 fully saturated rings. The van der Waals surface area contributed by atoms with Crippen molar-refractivity contribution in [3.63, 3.8) is 0 Å². The highest BCUT2D eigenvalue weighted by Gasteiger charge is 2.06. The molecule has 3 heteroatoms. The Morgan fingerprint density at radius 3 is 2.67 bits per heavy atom. The Kier molecular flexibility index (Phi) is 7.33. The summed E-state index contributed by atoms with van der Waals surface area (Å²) in [6.45, 7) is 3.16. The molecular formula is C9H18N2S. The molecule has 1 atom stereocenters. The Morgan fingerprint density at radius 2 is 2.17 bits per heavy atom. The number of rotatable bonds is 6. The van der Waals surface area contributed by atoms with E-state index in [1.54, 1.807) is 0 Å². The standard InChI is InChI=1S/C9H18N2S/c1-9(5-6-10)11(2)7-3-4-8-12/h9,12H,3-5,7-8H2,1-2H3.